The van der Waals surface area contributed by atoms with E-state index in [0.29, 0.717) is 33.9 Å². The Morgan fingerprint density at radius 2 is 2.03 bits per heavy atom. The van der Waals surface area contributed by atoms with Crippen molar-refractivity contribution in [1.82, 2.24) is 14.6 Å². The van der Waals surface area contributed by atoms with Crippen LogP contribution in [-0.4, -0.2) is 26.2 Å². The molecule has 1 aliphatic rings. The van der Waals surface area contributed by atoms with E-state index in [1.807, 2.05) is 19.9 Å². The van der Waals surface area contributed by atoms with E-state index < -0.39 is 6.04 Å². The van der Waals surface area contributed by atoms with Crippen LogP contribution in [0.3, 0.4) is 0 Å². The van der Waals surface area contributed by atoms with Crippen molar-refractivity contribution in [3.63, 3.8) is 0 Å². The van der Waals surface area contributed by atoms with Gasteiger partial charge in [0.05, 0.1) is 24.2 Å². The summed E-state index contributed by atoms with van der Waals surface area (Å²) in [6, 6.07) is 6.76. The largest absolute Gasteiger partial charge is 0.467 e. The fraction of sp³-hybridized carbons (Fsp3) is 0.238. The molecule has 0 aliphatic carbocycles. The van der Waals surface area contributed by atoms with Gasteiger partial charge in [-0.3, -0.25) is 14.2 Å². The molecule has 0 spiro atoms. The minimum absolute atomic E-state index is 0.164. The number of furan rings is 2. The number of nitrogens with zero attached hydrogens (tertiary/aromatic N) is 4. The highest BCUT2D eigenvalue weighted by Gasteiger charge is 2.36. The maximum atomic E-state index is 13.2. The van der Waals surface area contributed by atoms with Gasteiger partial charge in [-0.15, -0.1) is 11.3 Å². The van der Waals surface area contributed by atoms with Gasteiger partial charge < -0.3 is 8.83 Å². The summed E-state index contributed by atoms with van der Waals surface area (Å²) in [5.74, 6) is 0.899. The molecule has 5 heterocycles. The van der Waals surface area contributed by atoms with Gasteiger partial charge >= 0.3 is 0 Å². The van der Waals surface area contributed by atoms with Crippen molar-refractivity contribution >= 4 is 33.2 Å². The second-order valence-corrected chi connectivity index (χ2v) is 8.34. The van der Waals surface area contributed by atoms with Crippen LogP contribution in [0.2, 0.25) is 0 Å². The molecule has 0 N–H and O–H groups in total. The molecular weight excluding hydrogens is 404 g/mol. The van der Waals surface area contributed by atoms with Crippen LogP contribution >= 0.6 is 11.3 Å². The van der Waals surface area contributed by atoms with E-state index in [0.717, 1.165) is 10.4 Å². The van der Waals surface area contributed by atoms with Crippen LogP contribution in [0.25, 0.3) is 10.2 Å². The lowest BCUT2D eigenvalue weighted by Crippen LogP contribution is -2.34. The number of fused-ring (bicyclic) bond motifs is 1. The highest BCUT2D eigenvalue weighted by molar-refractivity contribution is 7.18. The summed E-state index contributed by atoms with van der Waals surface area (Å²) in [7, 11) is 0. The van der Waals surface area contributed by atoms with Crippen LogP contribution < -0.4 is 5.56 Å². The smallest absolute Gasteiger partial charge is 0.263 e. The molecule has 0 saturated carbocycles. The summed E-state index contributed by atoms with van der Waals surface area (Å²) < 4.78 is 12.3. The number of carbonyl (C=O) groups is 1. The van der Waals surface area contributed by atoms with Gasteiger partial charge in [-0.1, -0.05) is 0 Å². The number of rotatable bonds is 4. The molecule has 0 aromatic carbocycles. The second kappa shape index (κ2) is 7.10. The van der Waals surface area contributed by atoms with E-state index in [-0.39, 0.29) is 18.0 Å². The zero-order valence-corrected chi connectivity index (χ0v) is 17.2. The van der Waals surface area contributed by atoms with Gasteiger partial charge in [-0.05, 0) is 43.7 Å². The molecule has 152 valence electrons. The van der Waals surface area contributed by atoms with Gasteiger partial charge in [0.2, 0.25) is 0 Å². The summed E-state index contributed by atoms with van der Waals surface area (Å²) >= 11 is 1.48. The number of aromatic nitrogens is 2. The Bertz CT molecular complexity index is 1320. The lowest BCUT2D eigenvalue weighted by molar-refractivity contribution is -0.134. The molecule has 4 aromatic heterocycles. The van der Waals surface area contributed by atoms with Crippen molar-refractivity contribution in [2.75, 3.05) is 0 Å². The summed E-state index contributed by atoms with van der Waals surface area (Å²) in [5, 5.41) is 6.43. The number of thiophene rings is 1. The molecule has 30 heavy (non-hydrogen) atoms. The molecule has 4 aromatic rings. The van der Waals surface area contributed by atoms with Crippen molar-refractivity contribution in [3.05, 3.63) is 75.4 Å². The van der Waals surface area contributed by atoms with Crippen molar-refractivity contribution in [3.8, 4) is 0 Å². The molecule has 8 nitrogen and oxygen atoms in total. The first kappa shape index (κ1) is 18.6. The maximum absolute atomic E-state index is 13.2. The fourth-order valence-electron chi connectivity index (χ4n) is 3.64. The molecule has 9 heteroatoms. The summed E-state index contributed by atoms with van der Waals surface area (Å²) in [6.07, 6.45) is 5.01. The van der Waals surface area contributed by atoms with Crippen LogP contribution in [0.5, 0.6) is 0 Å². The topological polar surface area (TPSA) is 93.8 Å². The molecule has 1 unspecified atom stereocenters. The monoisotopic (exact) mass is 422 g/mol. The van der Waals surface area contributed by atoms with Crippen molar-refractivity contribution in [1.29, 1.82) is 0 Å². The zero-order valence-electron chi connectivity index (χ0n) is 16.4. The fourth-order valence-corrected chi connectivity index (χ4v) is 4.62. The predicted octanol–water partition coefficient (Wildman–Crippen LogP) is 3.64. The molecule has 0 radical (unpaired) electrons. The van der Waals surface area contributed by atoms with E-state index >= 15 is 0 Å². The average Bonchev–Trinajstić information content (AvgIpc) is 3.51. The highest BCUT2D eigenvalue weighted by Crippen LogP contribution is 2.33. The Labute approximate surface area is 175 Å². The number of hydrogen-bond acceptors (Lipinski definition) is 7. The minimum atomic E-state index is -0.398. The van der Waals surface area contributed by atoms with Gasteiger partial charge in [-0.25, -0.2) is 9.99 Å². The van der Waals surface area contributed by atoms with Gasteiger partial charge in [0.25, 0.3) is 11.5 Å². The van der Waals surface area contributed by atoms with Crippen molar-refractivity contribution in [2.24, 2.45) is 5.10 Å². The Hall–Kier alpha value is -3.46. The van der Waals surface area contributed by atoms with Gasteiger partial charge in [-0.2, -0.15) is 5.10 Å². The zero-order chi connectivity index (χ0) is 20.8. The summed E-state index contributed by atoms with van der Waals surface area (Å²) in [5.41, 5.74) is 1.33. The normalized spacial score (nSPS) is 16.4. The summed E-state index contributed by atoms with van der Waals surface area (Å²) in [4.78, 5) is 32.2. The quantitative estimate of drug-likeness (QED) is 0.501. The third-order valence-corrected chi connectivity index (χ3v) is 6.42. The number of aryl methyl sites for hydroxylation is 2. The number of hydrogen-bond donors (Lipinski definition) is 0. The van der Waals surface area contributed by atoms with Gasteiger partial charge in [0, 0.05) is 11.3 Å². The molecule has 0 bridgehead atoms. The number of carbonyl (C=O) groups excluding carboxylic acids is 1. The van der Waals surface area contributed by atoms with E-state index in [1.165, 1.54) is 27.2 Å². The Kier molecular flexibility index (Phi) is 4.39. The number of hydrazone groups is 1. The first-order chi connectivity index (χ1) is 14.5. The summed E-state index contributed by atoms with van der Waals surface area (Å²) in [6.45, 7) is 3.69. The van der Waals surface area contributed by atoms with Crippen LogP contribution in [0.15, 0.2) is 61.8 Å². The standard InChI is InChI=1S/C21H18N4O4S/c1-12-13(2)30-20-19(12)21(27)24(11-22-20)10-18(26)25-15(17-6-4-8-29-17)9-14(23-25)16-5-3-7-28-16/h3-8,11,15H,9-10H2,1-2H3. The lowest BCUT2D eigenvalue weighted by Gasteiger charge is -2.20. The Morgan fingerprint density at radius 1 is 1.23 bits per heavy atom. The Morgan fingerprint density at radius 3 is 2.77 bits per heavy atom. The van der Waals surface area contributed by atoms with E-state index in [9.17, 15) is 9.59 Å². The van der Waals surface area contributed by atoms with Gasteiger partial charge in [0.1, 0.15) is 34.6 Å². The molecule has 0 fully saturated rings. The maximum Gasteiger partial charge on any atom is 0.263 e. The second-order valence-electron chi connectivity index (χ2n) is 7.14. The van der Waals surface area contributed by atoms with E-state index in [1.54, 1.807) is 30.7 Å². The highest BCUT2D eigenvalue weighted by atomic mass is 32.1. The number of amides is 1. The van der Waals surface area contributed by atoms with E-state index in [2.05, 4.69) is 10.1 Å². The first-order valence-electron chi connectivity index (χ1n) is 9.45. The minimum Gasteiger partial charge on any atom is -0.467 e. The molecule has 1 amide bonds. The third-order valence-electron chi connectivity index (χ3n) is 5.30. The third kappa shape index (κ3) is 2.98. The van der Waals surface area contributed by atoms with Crippen molar-refractivity contribution in [2.45, 2.75) is 32.9 Å². The predicted molar refractivity (Wildman–Crippen MR) is 112 cm³/mol. The molecule has 5 rings (SSSR count). The molecule has 1 aliphatic heterocycles. The van der Waals surface area contributed by atoms with Crippen LogP contribution in [0, 0.1) is 13.8 Å². The van der Waals surface area contributed by atoms with Crippen LogP contribution in [0.4, 0.5) is 0 Å². The SMILES string of the molecule is Cc1sc2ncn(CC(=O)N3N=C(c4ccco4)CC3c3ccco3)c(=O)c2c1C. The van der Waals surface area contributed by atoms with E-state index in [4.69, 9.17) is 8.83 Å². The van der Waals surface area contributed by atoms with Crippen molar-refractivity contribution < 1.29 is 13.6 Å². The first-order valence-corrected chi connectivity index (χ1v) is 10.3. The average molecular weight is 422 g/mol. The Balaban J connectivity index is 1.49. The molecule has 0 saturated heterocycles. The van der Waals surface area contributed by atoms with Crippen LogP contribution in [0.1, 0.15) is 34.4 Å². The van der Waals surface area contributed by atoms with Gasteiger partial charge in [0.15, 0.2) is 0 Å². The lowest BCUT2D eigenvalue weighted by atomic mass is 10.1. The molecule has 1 atom stereocenters. The van der Waals surface area contributed by atoms with Crippen LogP contribution in [-0.2, 0) is 11.3 Å². The molecular formula is C21H18N4O4S.